The lowest BCUT2D eigenvalue weighted by Gasteiger charge is -2.16. The van der Waals surface area contributed by atoms with Gasteiger partial charge in [-0.1, -0.05) is 30.3 Å². The van der Waals surface area contributed by atoms with Crippen molar-refractivity contribution in [2.45, 2.75) is 17.7 Å². The number of hydrogen-bond acceptors (Lipinski definition) is 2. The maximum Gasteiger partial charge on any atom is 0.123 e. The molecule has 2 aromatic rings. The lowest BCUT2D eigenvalue weighted by Crippen LogP contribution is -2.21. The minimum absolute atomic E-state index is 0.163. The van der Waals surface area contributed by atoms with Gasteiger partial charge in [-0.2, -0.15) is 0 Å². The second-order valence-corrected chi connectivity index (χ2v) is 6.37. The lowest BCUT2D eigenvalue weighted by atomic mass is 9.97. The van der Waals surface area contributed by atoms with Gasteiger partial charge in [0, 0.05) is 4.90 Å². The maximum atomic E-state index is 12.9. The molecule has 0 aromatic heterocycles. The molecule has 0 saturated heterocycles. The number of thioether (sulfide) groups is 1. The van der Waals surface area contributed by atoms with E-state index in [-0.39, 0.29) is 5.82 Å². The Kier molecular flexibility index (Phi) is 6.77. The van der Waals surface area contributed by atoms with Gasteiger partial charge in [0.05, 0.1) is 0 Å². The van der Waals surface area contributed by atoms with Gasteiger partial charge in [0.15, 0.2) is 0 Å². The van der Waals surface area contributed by atoms with Crippen molar-refractivity contribution >= 4 is 11.8 Å². The molecule has 0 radical (unpaired) electrons. The zero-order valence-corrected chi connectivity index (χ0v) is 13.2. The van der Waals surface area contributed by atoms with Gasteiger partial charge in [-0.05, 0) is 67.9 Å². The van der Waals surface area contributed by atoms with Crippen molar-refractivity contribution in [2.24, 2.45) is 5.92 Å². The molecule has 0 aliphatic rings. The van der Waals surface area contributed by atoms with Crippen LogP contribution in [0.3, 0.4) is 0 Å². The Bertz CT molecular complexity index is 513. The topological polar surface area (TPSA) is 12.0 Å². The third-order valence-corrected chi connectivity index (χ3v) is 4.51. The Morgan fingerprint density at radius 3 is 2.43 bits per heavy atom. The number of benzene rings is 2. The normalized spacial score (nSPS) is 12.3. The third kappa shape index (κ3) is 5.90. The minimum atomic E-state index is -0.163. The van der Waals surface area contributed by atoms with Crippen LogP contribution in [0, 0.1) is 11.7 Å². The molecule has 0 aliphatic heterocycles. The number of hydrogen-bond donors (Lipinski definition) is 1. The Hall–Kier alpha value is -1.32. The van der Waals surface area contributed by atoms with Crippen LogP contribution in [-0.4, -0.2) is 19.3 Å². The maximum absolute atomic E-state index is 12.9. The molecule has 0 fully saturated rings. The molecule has 3 heteroatoms. The first-order valence-electron chi connectivity index (χ1n) is 7.35. The summed E-state index contributed by atoms with van der Waals surface area (Å²) in [5.74, 6) is 1.53. The molecule has 1 nitrogen and oxygen atoms in total. The van der Waals surface area contributed by atoms with E-state index in [0.29, 0.717) is 5.92 Å². The van der Waals surface area contributed by atoms with Crippen molar-refractivity contribution in [1.29, 1.82) is 0 Å². The molecule has 1 atom stereocenters. The molecule has 0 saturated carbocycles. The molecule has 0 bridgehead atoms. The fraction of sp³-hybridized carbons (Fsp3) is 0.333. The second kappa shape index (κ2) is 8.85. The molecule has 1 N–H and O–H groups in total. The monoisotopic (exact) mass is 303 g/mol. The molecule has 0 aliphatic carbocycles. The van der Waals surface area contributed by atoms with E-state index in [0.717, 1.165) is 25.1 Å². The second-order valence-electron chi connectivity index (χ2n) is 5.20. The summed E-state index contributed by atoms with van der Waals surface area (Å²) in [7, 11) is 1.99. The summed E-state index contributed by atoms with van der Waals surface area (Å²) in [5.41, 5.74) is 1.21. The van der Waals surface area contributed by atoms with Crippen molar-refractivity contribution in [3.05, 3.63) is 66.0 Å². The van der Waals surface area contributed by atoms with E-state index in [1.807, 2.05) is 37.0 Å². The third-order valence-electron chi connectivity index (χ3n) is 3.47. The van der Waals surface area contributed by atoms with Gasteiger partial charge in [0.1, 0.15) is 5.82 Å². The van der Waals surface area contributed by atoms with Crippen LogP contribution in [0.25, 0.3) is 0 Å². The molecule has 0 spiro atoms. The summed E-state index contributed by atoms with van der Waals surface area (Å²) in [6, 6.07) is 17.4. The molecular weight excluding hydrogens is 281 g/mol. The highest BCUT2D eigenvalue weighted by atomic mass is 32.2. The van der Waals surface area contributed by atoms with Crippen LogP contribution in [0.2, 0.25) is 0 Å². The number of rotatable bonds is 8. The summed E-state index contributed by atoms with van der Waals surface area (Å²) in [4.78, 5) is 1.32. The highest BCUT2D eigenvalue weighted by Crippen LogP contribution is 2.21. The Morgan fingerprint density at radius 2 is 1.76 bits per heavy atom. The van der Waals surface area contributed by atoms with Crippen molar-refractivity contribution in [3.63, 3.8) is 0 Å². The van der Waals surface area contributed by atoms with Gasteiger partial charge < -0.3 is 5.32 Å². The Labute approximate surface area is 131 Å². The summed E-state index contributed by atoms with van der Waals surface area (Å²) in [5, 5.41) is 3.26. The summed E-state index contributed by atoms with van der Waals surface area (Å²) in [6.07, 6.45) is 2.15. The van der Waals surface area contributed by atoms with Crippen molar-refractivity contribution in [2.75, 3.05) is 19.3 Å². The number of halogens is 1. The average molecular weight is 303 g/mol. The predicted octanol–water partition coefficient (Wildman–Crippen LogP) is 4.39. The first kappa shape index (κ1) is 16.1. The molecule has 1 unspecified atom stereocenters. The SMILES string of the molecule is CNCC(CCSc1ccccc1)Cc1ccc(F)cc1. The van der Waals surface area contributed by atoms with Crippen LogP contribution in [-0.2, 0) is 6.42 Å². The zero-order chi connectivity index (χ0) is 14.9. The molecule has 2 rings (SSSR count). The fourth-order valence-corrected chi connectivity index (χ4v) is 3.42. The number of nitrogens with one attached hydrogen (secondary N) is 1. The van der Waals surface area contributed by atoms with Crippen molar-refractivity contribution in [3.8, 4) is 0 Å². The zero-order valence-electron chi connectivity index (χ0n) is 12.4. The van der Waals surface area contributed by atoms with Crippen molar-refractivity contribution in [1.82, 2.24) is 5.32 Å². The molecule has 2 aromatic carbocycles. The molecule has 0 amide bonds. The highest BCUT2D eigenvalue weighted by molar-refractivity contribution is 7.99. The quantitative estimate of drug-likeness (QED) is 0.726. The highest BCUT2D eigenvalue weighted by Gasteiger charge is 2.09. The van der Waals surface area contributed by atoms with Crippen LogP contribution < -0.4 is 5.32 Å². The van der Waals surface area contributed by atoms with Crippen LogP contribution >= 0.6 is 11.8 Å². The van der Waals surface area contributed by atoms with Crippen LogP contribution in [0.15, 0.2) is 59.5 Å². The van der Waals surface area contributed by atoms with Gasteiger partial charge in [-0.25, -0.2) is 4.39 Å². The van der Waals surface area contributed by atoms with Crippen molar-refractivity contribution < 1.29 is 4.39 Å². The minimum Gasteiger partial charge on any atom is -0.319 e. The van der Waals surface area contributed by atoms with Gasteiger partial charge >= 0.3 is 0 Å². The molecular formula is C18H22FNS. The molecule has 112 valence electrons. The first-order chi connectivity index (χ1) is 10.3. The fourth-order valence-electron chi connectivity index (χ4n) is 2.38. The Morgan fingerprint density at radius 1 is 1.05 bits per heavy atom. The van der Waals surface area contributed by atoms with E-state index in [4.69, 9.17) is 0 Å². The first-order valence-corrected chi connectivity index (χ1v) is 8.33. The summed E-state index contributed by atoms with van der Waals surface area (Å²) < 4.78 is 12.9. The van der Waals surface area contributed by atoms with E-state index >= 15 is 0 Å². The predicted molar refractivity (Wildman–Crippen MR) is 89.3 cm³/mol. The lowest BCUT2D eigenvalue weighted by molar-refractivity contribution is 0.484. The Balaban J connectivity index is 1.82. The van der Waals surface area contributed by atoms with Gasteiger partial charge in [-0.3, -0.25) is 0 Å². The van der Waals surface area contributed by atoms with Gasteiger partial charge in [-0.15, -0.1) is 11.8 Å². The van der Waals surface area contributed by atoms with E-state index in [1.54, 1.807) is 12.1 Å². The van der Waals surface area contributed by atoms with E-state index in [9.17, 15) is 4.39 Å². The summed E-state index contributed by atoms with van der Waals surface area (Å²) in [6.45, 7) is 0.993. The molecule has 21 heavy (non-hydrogen) atoms. The van der Waals surface area contributed by atoms with E-state index in [2.05, 4.69) is 29.6 Å². The van der Waals surface area contributed by atoms with E-state index < -0.39 is 0 Å². The average Bonchev–Trinajstić information content (AvgIpc) is 2.51. The largest absolute Gasteiger partial charge is 0.319 e. The molecule has 0 heterocycles. The smallest absolute Gasteiger partial charge is 0.123 e. The summed E-state index contributed by atoms with van der Waals surface area (Å²) >= 11 is 1.90. The standard InChI is InChI=1S/C18H22FNS/c1-20-14-16(13-15-7-9-17(19)10-8-15)11-12-21-18-5-3-2-4-6-18/h2-10,16,20H,11-14H2,1H3. The van der Waals surface area contributed by atoms with Crippen LogP contribution in [0.4, 0.5) is 4.39 Å². The van der Waals surface area contributed by atoms with Gasteiger partial charge in [0.2, 0.25) is 0 Å². The van der Waals surface area contributed by atoms with Crippen LogP contribution in [0.1, 0.15) is 12.0 Å². The van der Waals surface area contributed by atoms with E-state index in [1.165, 1.54) is 10.5 Å². The van der Waals surface area contributed by atoms with Crippen LogP contribution in [0.5, 0.6) is 0 Å². The van der Waals surface area contributed by atoms with Gasteiger partial charge in [0.25, 0.3) is 0 Å².